The topological polar surface area (TPSA) is 55.4 Å². The first-order valence-corrected chi connectivity index (χ1v) is 8.77. The molecule has 1 aromatic heterocycles. The minimum absolute atomic E-state index is 0.125. The van der Waals surface area contributed by atoms with Crippen molar-refractivity contribution in [1.82, 2.24) is 0 Å². The minimum Gasteiger partial charge on any atom is -0.465 e. The average Bonchev–Trinajstić information content (AvgIpc) is 2.97. The molecule has 0 bridgehead atoms. The number of hydrogen-bond donors (Lipinski definition) is 1. The molecule has 3 aromatic rings. The number of esters is 1. The summed E-state index contributed by atoms with van der Waals surface area (Å²) in [5.41, 5.74) is 1.48. The van der Waals surface area contributed by atoms with Gasteiger partial charge in [0.15, 0.2) is 0 Å². The third-order valence-corrected chi connectivity index (χ3v) is 4.94. The standard InChI is InChI=1S/C20H15F2NO3S/c1-11-16(12-6-8-14(21)9-7-12)17(20(25)26-2)19(27-11)23-18(24)13-4-3-5-15(22)10-13/h3-10H,1-2H3,(H,23,24). The maximum Gasteiger partial charge on any atom is 0.341 e. The Hall–Kier alpha value is -3.06. The van der Waals surface area contributed by atoms with Gasteiger partial charge in [-0.05, 0) is 42.8 Å². The number of methoxy groups -OCH3 is 1. The summed E-state index contributed by atoms with van der Waals surface area (Å²) in [7, 11) is 1.24. The van der Waals surface area contributed by atoms with E-state index in [4.69, 9.17) is 4.74 Å². The Bertz CT molecular complexity index is 1010. The molecule has 0 aliphatic heterocycles. The zero-order valence-electron chi connectivity index (χ0n) is 14.5. The maximum atomic E-state index is 13.4. The van der Waals surface area contributed by atoms with Gasteiger partial charge in [-0.25, -0.2) is 13.6 Å². The SMILES string of the molecule is COC(=O)c1c(NC(=O)c2cccc(F)c2)sc(C)c1-c1ccc(F)cc1. The van der Waals surface area contributed by atoms with Crippen molar-refractivity contribution in [3.63, 3.8) is 0 Å². The van der Waals surface area contributed by atoms with Crippen LogP contribution >= 0.6 is 11.3 Å². The van der Waals surface area contributed by atoms with E-state index >= 15 is 0 Å². The van der Waals surface area contributed by atoms with Crippen molar-refractivity contribution in [2.24, 2.45) is 0 Å². The summed E-state index contributed by atoms with van der Waals surface area (Å²) >= 11 is 1.19. The van der Waals surface area contributed by atoms with E-state index in [0.717, 1.165) is 10.9 Å². The number of amides is 1. The van der Waals surface area contributed by atoms with E-state index in [-0.39, 0.29) is 16.1 Å². The number of carbonyl (C=O) groups excluding carboxylic acids is 2. The van der Waals surface area contributed by atoms with E-state index < -0.39 is 23.5 Å². The van der Waals surface area contributed by atoms with Crippen LogP contribution in [0.1, 0.15) is 25.6 Å². The van der Waals surface area contributed by atoms with Crippen LogP contribution in [0.3, 0.4) is 0 Å². The van der Waals surface area contributed by atoms with Gasteiger partial charge in [-0.1, -0.05) is 18.2 Å². The van der Waals surface area contributed by atoms with E-state index in [1.807, 2.05) is 0 Å². The van der Waals surface area contributed by atoms with Gasteiger partial charge in [0.1, 0.15) is 22.2 Å². The van der Waals surface area contributed by atoms with Gasteiger partial charge in [0.25, 0.3) is 5.91 Å². The van der Waals surface area contributed by atoms with Gasteiger partial charge < -0.3 is 10.1 Å². The first-order valence-electron chi connectivity index (χ1n) is 7.95. The number of carbonyl (C=O) groups is 2. The smallest absolute Gasteiger partial charge is 0.341 e. The van der Waals surface area contributed by atoms with Gasteiger partial charge in [-0.15, -0.1) is 11.3 Å². The van der Waals surface area contributed by atoms with Crippen LogP contribution in [0.2, 0.25) is 0 Å². The fourth-order valence-electron chi connectivity index (χ4n) is 2.70. The van der Waals surface area contributed by atoms with Gasteiger partial charge in [-0.2, -0.15) is 0 Å². The second-order valence-electron chi connectivity index (χ2n) is 5.70. The summed E-state index contributed by atoms with van der Waals surface area (Å²) in [4.78, 5) is 25.6. The minimum atomic E-state index is -0.631. The molecule has 0 saturated heterocycles. The van der Waals surface area contributed by atoms with Gasteiger partial charge >= 0.3 is 5.97 Å². The number of nitrogens with one attached hydrogen (secondary N) is 1. The second-order valence-corrected chi connectivity index (χ2v) is 6.93. The van der Waals surface area contributed by atoms with Crippen LogP contribution in [0.5, 0.6) is 0 Å². The second kappa shape index (κ2) is 7.67. The molecule has 2 aromatic carbocycles. The fourth-order valence-corrected chi connectivity index (χ4v) is 3.76. The number of benzene rings is 2. The Kier molecular flexibility index (Phi) is 5.32. The average molecular weight is 387 g/mol. The lowest BCUT2D eigenvalue weighted by molar-refractivity contribution is 0.0603. The molecule has 0 radical (unpaired) electrons. The Morgan fingerprint density at radius 1 is 1.04 bits per heavy atom. The highest BCUT2D eigenvalue weighted by molar-refractivity contribution is 7.17. The summed E-state index contributed by atoms with van der Waals surface area (Å²) in [5, 5.41) is 2.93. The highest BCUT2D eigenvalue weighted by Gasteiger charge is 2.25. The predicted molar refractivity (Wildman–Crippen MR) is 100 cm³/mol. The summed E-state index contributed by atoms with van der Waals surface area (Å²) in [6.45, 7) is 1.79. The molecule has 0 atom stereocenters. The third-order valence-electron chi connectivity index (χ3n) is 3.92. The van der Waals surface area contributed by atoms with Crippen molar-refractivity contribution in [3.05, 3.63) is 76.2 Å². The number of ether oxygens (including phenoxy) is 1. The van der Waals surface area contributed by atoms with Crippen molar-refractivity contribution < 1.29 is 23.1 Å². The molecular weight excluding hydrogens is 372 g/mol. The van der Waals surface area contributed by atoms with Gasteiger partial charge in [-0.3, -0.25) is 4.79 Å². The quantitative estimate of drug-likeness (QED) is 0.638. The molecule has 1 heterocycles. The monoisotopic (exact) mass is 387 g/mol. The van der Waals surface area contributed by atoms with E-state index in [1.54, 1.807) is 19.1 Å². The molecule has 0 aliphatic rings. The molecule has 0 spiro atoms. The lowest BCUT2D eigenvalue weighted by atomic mass is 10.0. The predicted octanol–water partition coefficient (Wildman–Crippen LogP) is 5.04. The van der Waals surface area contributed by atoms with E-state index in [1.165, 1.54) is 48.8 Å². The van der Waals surface area contributed by atoms with Crippen LogP contribution in [-0.4, -0.2) is 19.0 Å². The third kappa shape index (κ3) is 3.88. The van der Waals surface area contributed by atoms with Crippen LogP contribution in [0.15, 0.2) is 48.5 Å². The molecule has 0 unspecified atom stereocenters. The first kappa shape index (κ1) is 18.7. The summed E-state index contributed by atoms with van der Waals surface area (Å²) in [6.07, 6.45) is 0. The van der Waals surface area contributed by atoms with Crippen molar-refractivity contribution in [3.8, 4) is 11.1 Å². The fraction of sp³-hybridized carbons (Fsp3) is 0.100. The Labute approximate surface area is 158 Å². The van der Waals surface area contributed by atoms with Crippen LogP contribution in [-0.2, 0) is 4.74 Å². The number of hydrogen-bond acceptors (Lipinski definition) is 4. The zero-order valence-corrected chi connectivity index (χ0v) is 15.3. The highest BCUT2D eigenvalue weighted by Crippen LogP contribution is 2.40. The van der Waals surface area contributed by atoms with Crippen LogP contribution in [0.4, 0.5) is 13.8 Å². The van der Waals surface area contributed by atoms with Crippen molar-refractivity contribution >= 4 is 28.2 Å². The van der Waals surface area contributed by atoms with E-state index in [0.29, 0.717) is 11.1 Å². The summed E-state index contributed by atoms with van der Waals surface area (Å²) in [5.74, 6) is -2.11. The normalized spacial score (nSPS) is 10.5. The number of anilines is 1. The number of rotatable bonds is 4. The largest absolute Gasteiger partial charge is 0.465 e. The summed E-state index contributed by atoms with van der Waals surface area (Å²) in [6, 6.07) is 10.9. The molecule has 3 rings (SSSR count). The van der Waals surface area contributed by atoms with Gasteiger partial charge in [0, 0.05) is 16.0 Å². The van der Waals surface area contributed by atoms with Crippen LogP contribution in [0, 0.1) is 18.6 Å². The summed E-state index contributed by atoms with van der Waals surface area (Å²) < 4.78 is 31.5. The van der Waals surface area contributed by atoms with E-state index in [2.05, 4.69) is 5.32 Å². The molecule has 7 heteroatoms. The molecule has 0 aliphatic carbocycles. The Morgan fingerprint density at radius 2 is 1.74 bits per heavy atom. The van der Waals surface area contributed by atoms with Crippen LogP contribution in [0.25, 0.3) is 11.1 Å². The molecule has 138 valence electrons. The molecular formula is C20H15F2NO3S. The Morgan fingerprint density at radius 3 is 2.37 bits per heavy atom. The zero-order chi connectivity index (χ0) is 19.6. The maximum absolute atomic E-state index is 13.4. The van der Waals surface area contributed by atoms with Crippen molar-refractivity contribution in [2.45, 2.75) is 6.92 Å². The van der Waals surface area contributed by atoms with Crippen molar-refractivity contribution in [2.75, 3.05) is 12.4 Å². The van der Waals surface area contributed by atoms with Gasteiger partial charge in [0.05, 0.1) is 7.11 Å². The molecule has 0 saturated carbocycles. The highest BCUT2D eigenvalue weighted by atomic mass is 32.1. The molecule has 1 amide bonds. The lowest BCUT2D eigenvalue weighted by Gasteiger charge is -2.08. The van der Waals surface area contributed by atoms with Crippen molar-refractivity contribution in [1.29, 1.82) is 0 Å². The molecule has 1 N–H and O–H groups in total. The van der Waals surface area contributed by atoms with Crippen LogP contribution < -0.4 is 5.32 Å². The first-order chi connectivity index (χ1) is 12.9. The number of halogens is 2. The van der Waals surface area contributed by atoms with E-state index in [9.17, 15) is 18.4 Å². The molecule has 0 fully saturated rings. The Balaban J connectivity index is 2.05. The number of thiophene rings is 1. The lowest BCUT2D eigenvalue weighted by Crippen LogP contribution is -2.14. The van der Waals surface area contributed by atoms with Gasteiger partial charge in [0.2, 0.25) is 0 Å². The molecule has 27 heavy (non-hydrogen) atoms. The number of aryl methyl sites for hydroxylation is 1. The molecule has 4 nitrogen and oxygen atoms in total.